The fraction of sp³-hybridized carbons (Fsp3) is 0.381. The number of nitrogens with one attached hydrogen (secondary N) is 1. The van der Waals surface area contributed by atoms with Crippen LogP contribution in [0.3, 0.4) is 0 Å². The van der Waals surface area contributed by atoms with E-state index in [2.05, 4.69) is 22.1 Å². The Bertz CT molecular complexity index is 950. The number of benzene rings is 1. The molecule has 0 amide bonds. The summed E-state index contributed by atoms with van der Waals surface area (Å²) in [5, 5.41) is 4.00. The van der Waals surface area contributed by atoms with Crippen molar-refractivity contribution in [3.63, 3.8) is 0 Å². The van der Waals surface area contributed by atoms with Gasteiger partial charge in [-0.05, 0) is 62.7 Å². The van der Waals surface area contributed by atoms with Gasteiger partial charge in [0.05, 0.1) is 5.56 Å². The minimum absolute atomic E-state index is 0.360. The van der Waals surface area contributed by atoms with Gasteiger partial charge in [0.2, 0.25) is 0 Å². The van der Waals surface area contributed by atoms with Crippen molar-refractivity contribution in [1.82, 2.24) is 9.88 Å². The van der Waals surface area contributed by atoms with Crippen LogP contribution in [0.4, 0.5) is 24.7 Å². The molecule has 7 heteroatoms. The lowest BCUT2D eigenvalue weighted by molar-refractivity contribution is -0.137. The zero-order valence-corrected chi connectivity index (χ0v) is 15.6. The molecule has 1 N–H and O–H groups in total. The van der Waals surface area contributed by atoms with E-state index >= 15 is 0 Å². The lowest BCUT2D eigenvalue weighted by atomic mass is 10.2. The Labute approximate surface area is 161 Å². The number of aromatic nitrogens is 1. The average Bonchev–Trinajstić information content (AvgIpc) is 3.24. The second kappa shape index (κ2) is 7.47. The number of furan rings is 1. The molecule has 0 radical (unpaired) electrons. The van der Waals surface area contributed by atoms with E-state index < -0.39 is 11.7 Å². The molecular weight excluding hydrogens is 367 g/mol. The molecule has 28 heavy (non-hydrogen) atoms. The van der Waals surface area contributed by atoms with Crippen LogP contribution >= 0.6 is 0 Å². The molecule has 1 aromatic carbocycles. The van der Waals surface area contributed by atoms with E-state index in [1.807, 2.05) is 24.3 Å². The maximum absolute atomic E-state index is 12.6. The first kappa shape index (κ1) is 18.8. The van der Waals surface area contributed by atoms with E-state index in [-0.39, 0.29) is 0 Å². The molecule has 0 aliphatic carbocycles. The highest BCUT2D eigenvalue weighted by molar-refractivity contribution is 5.82. The van der Waals surface area contributed by atoms with Crippen LogP contribution in [0.5, 0.6) is 0 Å². The monoisotopic (exact) mass is 389 g/mol. The summed E-state index contributed by atoms with van der Waals surface area (Å²) in [5.74, 6) is 1.30. The van der Waals surface area contributed by atoms with Gasteiger partial charge in [0.1, 0.15) is 17.2 Å². The molecule has 4 nitrogen and oxygen atoms in total. The minimum atomic E-state index is -4.38. The highest BCUT2D eigenvalue weighted by Crippen LogP contribution is 2.30. The Morgan fingerprint density at radius 3 is 2.75 bits per heavy atom. The number of halogens is 3. The van der Waals surface area contributed by atoms with E-state index in [1.54, 1.807) is 0 Å². The van der Waals surface area contributed by atoms with E-state index in [9.17, 15) is 13.2 Å². The van der Waals surface area contributed by atoms with E-state index in [1.165, 1.54) is 18.9 Å². The third-order valence-electron chi connectivity index (χ3n) is 5.27. The summed E-state index contributed by atoms with van der Waals surface area (Å²) in [6, 6.07) is 10.6. The van der Waals surface area contributed by atoms with Gasteiger partial charge in [-0.3, -0.25) is 0 Å². The fourth-order valence-corrected chi connectivity index (χ4v) is 3.66. The van der Waals surface area contributed by atoms with Gasteiger partial charge in [-0.1, -0.05) is 0 Å². The maximum atomic E-state index is 12.6. The van der Waals surface area contributed by atoms with Crippen LogP contribution in [0.1, 0.15) is 31.1 Å². The molecule has 3 heterocycles. The molecule has 1 atom stereocenters. The highest BCUT2D eigenvalue weighted by atomic mass is 19.4. The summed E-state index contributed by atoms with van der Waals surface area (Å²) >= 11 is 0. The molecule has 2 aromatic heterocycles. The molecule has 1 saturated heterocycles. The summed E-state index contributed by atoms with van der Waals surface area (Å²) < 4.78 is 43.8. The number of hydrogen-bond donors (Lipinski definition) is 1. The van der Waals surface area contributed by atoms with E-state index in [4.69, 9.17) is 4.42 Å². The molecule has 1 fully saturated rings. The molecule has 0 spiro atoms. The van der Waals surface area contributed by atoms with Crippen molar-refractivity contribution in [2.24, 2.45) is 0 Å². The second-order valence-electron chi connectivity index (χ2n) is 7.30. The van der Waals surface area contributed by atoms with Crippen LogP contribution in [0.2, 0.25) is 0 Å². The number of anilines is 2. The topological polar surface area (TPSA) is 41.3 Å². The second-order valence-corrected chi connectivity index (χ2v) is 7.30. The predicted octanol–water partition coefficient (Wildman–Crippen LogP) is 5.62. The van der Waals surface area contributed by atoms with Crippen molar-refractivity contribution in [2.45, 2.75) is 38.4 Å². The van der Waals surface area contributed by atoms with Crippen molar-refractivity contribution >= 4 is 22.5 Å². The lowest BCUT2D eigenvalue weighted by Crippen LogP contribution is -2.28. The fourth-order valence-electron chi connectivity index (χ4n) is 3.66. The number of pyridine rings is 1. The van der Waals surface area contributed by atoms with E-state index in [0.29, 0.717) is 11.9 Å². The first-order valence-electron chi connectivity index (χ1n) is 9.45. The van der Waals surface area contributed by atoms with Crippen molar-refractivity contribution in [3.8, 4) is 0 Å². The summed E-state index contributed by atoms with van der Waals surface area (Å²) in [7, 11) is 0. The SMILES string of the molecule is C[C@@H]1CCCN1CCc1cc2cc(Nc3ccc(C(F)(F)F)cn3)ccc2o1. The summed E-state index contributed by atoms with van der Waals surface area (Å²) in [4.78, 5) is 6.33. The van der Waals surface area contributed by atoms with Crippen LogP contribution in [-0.2, 0) is 12.6 Å². The quantitative estimate of drug-likeness (QED) is 0.615. The van der Waals surface area contributed by atoms with Crippen LogP contribution < -0.4 is 5.32 Å². The average molecular weight is 389 g/mol. The van der Waals surface area contributed by atoms with Gasteiger partial charge in [0.25, 0.3) is 0 Å². The van der Waals surface area contributed by atoms with Crippen LogP contribution in [0, 0.1) is 0 Å². The molecule has 3 aromatic rings. The third kappa shape index (κ3) is 4.14. The number of rotatable bonds is 5. The zero-order valence-electron chi connectivity index (χ0n) is 15.6. The number of nitrogens with zero attached hydrogens (tertiary/aromatic N) is 2. The van der Waals surface area contributed by atoms with Crippen LogP contribution in [0.15, 0.2) is 47.0 Å². The maximum Gasteiger partial charge on any atom is 0.417 e. The molecule has 0 unspecified atom stereocenters. The molecule has 1 aliphatic heterocycles. The van der Waals surface area contributed by atoms with Gasteiger partial charge in [-0.15, -0.1) is 0 Å². The zero-order chi connectivity index (χ0) is 19.7. The molecule has 1 aliphatic rings. The Balaban J connectivity index is 1.44. The first-order chi connectivity index (χ1) is 13.4. The molecule has 148 valence electrons. The Morgan fingerprint density at radius 2 is 2.07 bits per heavy atom. The van der Waals surface area contributed by atoms with Gasteiger partial charge >= 0.3 is 6.18 Å². The van der Waals surface area contributed by atoms with Gasteiger partial charge in [0.15, 0.2) is 0 Å². The molecule has 0 bridgehead atoms. The van der Waals surface area contributed by atoms with Gasteiger partial charge in [-0.25, -0.2) is 4.98 Å². The molecule has 4 rings (SSSR count). The van der Waals surface area contributed by atoms with E-state index in [0.717, 1.165) is 54.2 Å². The number of likely N-dealkylation sites (tertiary alicyclic amines) is 1. The number of fused-ring (bicyclic) bond motifs is 1. The summed E-state index contributed by atoms with van der Waals surface area (Å²) in [5.41, 5.74) is 0.788. The Kier molecular flexibility index (Phi) is 5.02. The minimum Gasteiger partial charge on any atom is -0.461 e. The summed E-state index contributed by atoms with van der Waals surface area (Å²) in [6.45, 7) is 4.40. The highest BCUT2D eigenvalue weighted by Gasteiger charge is 2.30. The molecule has 0 saturated carbocycles. The number of alkyl halides is 3. The van der Waals surface area contributed by atoms with Crippen LogP contribution in [0.25, 0.3) is 11.0 Å². The van der Waals surface area contributed by atoms with Crippen molar-refractivity contribution < 1.29 is 17.6 Å². The summed E-state index contributed by atoms with van der Waals surface area (Å²) in [6.07, 6.45) is -0.176. The largest absolute Gasteiger partial charge is 0.461 e. The van der Waals surface area contributed by atoms with Crippen molar-refractivity contribution in [3.05, 3.63) is 53.9 Å². The van der Waals surface area contributed by atoms with Crippen molar-refractivity contribution in [2.75, 3.05) is 18.4 Å². The Hall–Kier alpha value is -2.54. The van der Waals surface area contributed by atoms with Gasteiger partial charge < -0.3 is 14.6 Å². The third-order valence-corrected chi connectivity index (χ3v) is 5.27. The smallest absolute Gasteiger partial charge is 0.417 e. The lowest BCUT2D eigenvalue weighted by Gasteiger charge is -2.19. The van der Waals surface area contributed by atoms with Crippen molar-refractivity contribution in [1.29, 1.82) is 0 Å². The van der Waals surface area contributed by atoms with Gasteiger partial charge in [0, 0.05) is 36.3 Å². The predicted molar refractivity (Wildman–Crippen MR) is 103 cm³/mol. The normalized spacial score (nSPS) is 18.1. The Morgan fingerprint density at radius 1 is 1.21 bits per heavy atom. The molecular formula is C21H22F3N3O. The number of hydrogen-bond acceptors (Lipinski definition) is 4. The van der Waals surface area contributed by atoms with Gasteiger partial charge in [-0.2, -0.15) is 13.2 Å². The standard InChI is InChI=1S/C21H22F3N3O/c1-14-3-2-9-27(14)10-8-18-12-15-11-17(5-6-19(15)28-18)26-20-7-4-16(13-25-20)21(22,23)24/h4-7,11-14H,2-3,8-10H2,1H3,(H,25,26)/t14-/m1/s1. The first-order valence-corrected chi connectivity index (χ1v) is 9.45. The van der Waals surface area contributed by atoms with Crippen LogP contribution in [-0.4, -0.2) is 29.0 Å².